The van der Waals surface area contributed by atoms with Crippen molar-refractivity contribution < 1.29 is 5.11 Å². The van der Waals surface area contributed by atoms with E-state index in [-0.39, 0.29) is 6.54 Å². The van der Waals surface area contributed by atoms with Crippen LogP contribution in [0.1, 0.15) is 11.7 Å². The number of hydrogen-bond acceptors (Lipinski definition) is 3. The topological polar surface area (TPSA) is 64.1 Å². The first kappa shape index (κ1) is 7.97. The number of nitrogens with zero attached hydrogens (tertiary/aromatic N) is 2. The molecule has 1 aromatic rings. The summed E-state index contributed by atoms with van der Waals surface area (Å²) in [7, 11) is 0. The third-order valence-corrected chi connectivity index (χ3v) is 1.42. The maximum Gasteiger partial charge on any atom is 0.0942 e. The van der Waals surface area contributed by atoms with E-state index in [1.807, 2.05) is 0 Å². The van der Waals surface area contributed by atoms with Crippen LogP contribution in [0, 0.1) is 0 Å². The largest absolute Gasteiger partial charge is 0.387 e. The lowest BCUT2D eigenvalue weighted by molar-refractivity contribution is 0.186. The zero-order valence-electron chi connectivity index (χ0n) is 6.14. The third-order valence-electron chi connectivity index (χ3n) is 1.42. The third kappa shape index (κ3) is 1.66. The van der Waals surface area contributed by atoms with E-state index in [1.165, 1.54) is 4.68 Å². The van der Waals surface area contributed by atoms with Crippen LogP contribution in [-0.2, 0) is 0 Å². The molecule has 0 aliphatic carbocycles. The quantitative estimate of drug-likeness (QED) is 0.641. The number of rotatable bonds is 3. The highest BCUT2D eigenvalue weighted by Crippen LogP contribution is 2.08. The fourth-order valence-electron chi connectivity index (χ4n) is 0.761. The fourth-order valence-corrected chi connectivity index (χ4v) is 0.761. The smallest absolute Gasteiger partial charge is 0.0942 e. The van der Waals surface area contributed by atoms with Crippen LogP contribution in [0.5, 0.6) is 0 Å². The minimum absolute atomic E-state index is 0.211. The van der Waals surface area contributed by atoms with Gasteiger partial charge in [-0.2, -0.15) is 5.10 Å². The Morgan fingerprint density at radius 2 is 2.64 bits per heavy atom. The molecule has 1 rings (SSSR count). The van der Waals surface area contributed by atoms with E-state index in [9.17, 15) is 5.11 Å². The second kappa shape index (κ2) is 3.32. The molecule has 0 fully saturated rings. The van der Waals surface area contributed by atoms with Gasteiger partial charge in [0.25, 0.3) is 0 Å². The lowest BCUT2D eigenvalue weighted by atomic mass is 10.2. The molecule has 60 valence electrons. The number of aromatic nitrogens is 2. The fraction of sp³-hybridized carbons (Fsp3) is 0.286. The monoisotopic (exact) mass is 153 g/mol. The average Bonchev–Trinajstić information content (AvgIpc) is 2.50. The molecule has 0 aromatic carbocycles. The average molecular weight is 153 g/mol. The van der Waals surface area contributed by atoms with Crippen LogP contribution in [0.3, 0.4) is 0 Å². The summed E-state index contributed by atoms with van der Waals surface area (Å²) in [4.78, 5) is 0. The zero-order valence-corrected chi connectivity index (χ0v) is 6.14. The molecular formula is C7H11N3O. The zero-order chi connectivity index (χ0) is 8.27. The minimum Gasteiger partial charge on any atom is -0.387 e. The molecule has 0 aliphatic heterocycles. The van der Waals surface area contributed by atoms with Gasteiger partial charge < -0.3 is 10.8 Å². The summed E-state index contributed by atoms with van der Waals surface area (Å²) in [5.41, 5.74) is 5.96. The van der Waals surface area contributed by atoms with Crippen LogP contribution in [0.15, 0.2) is 19.0 Å². The summed E-state index contributed by atoms with van der Waals surface area (Å²) in [5, 5.41) is 13.1. The van der Waals surface area contributed by atoms with Crippen LogP contribution < -0.4 is 5.73 Å². The van der Waals surface area contributed by atoms with E-state index < -0.39 is 6.10 Å². The number of hydrogen-bond donors (Lipinski definition) is 2. The summed E-state index contributed by atoms with van der Waals surface area (Å²) < 4.78 is 1.52. The molecule has 0 radical (unpaired) electrons. The predicted molar refractivity (Wildman–Crippen MR) is 42.6 cm³/mol. The van der Waals surface area contributed by atoms with E-state index in [1.54, 1.807) is 18.6 Å². The van der Waals surface area contributed by atoms with Crippen LogP contribution in [0.25, 0.3) is 6.20 Å². The van der Waals surface area contributed by atoms with Gasteiger partial charge in [0, 0.05) is 24.5 Å². The standard InChI is InChI=1S/C7H11N3O/c1-2-10-5-6(4-9-10)7(11)3-8/h2,4-5,7,11H,1,3,8H2/t7-/m1/s1. The lowest BCUT2D eigenvalue weighted by Gasteiger charge is -2.01. The van der Waals surface area contributed by atoms with Gasteiger partial charge in [0.2, 0.25) is 0 Å². The molecule has 1 atom stereocenters. The molecule has 1 heterocycles. The number of aliphatic hydroxyl groups is 1. The van der Waals surface area contributed by atoms with Gasteiger partial charge in [-0.05, 0) is 0 Å². The van der Waals surface area contributed by atoms with Crippen LogP contribution >= 0.6 is 0 Å². The summed E-state index contributed by atoms with van der Waals surface area (Å²) >= 11 is 0. The van der Waals surface area contributed by atoms with Gasteiger partial charge in [-0.1, -0.05) is 6.58 Å². The molecule has 0 aliphatic rings. The van der Waals surface area contributed by atoms with Crippen molar-refractivity contribution in [3.63, 3.8) is 0 Å². The van der Waals surface area contributed by atoms with Crippen molar-refractivity contribution in [2.75, 3.05) is 6.54 Å². The van der Waals surface area contributed by atoms with Gasteiger partial charge in [-0.25, -0.2) is 4.68 Å². The molecular weight excluding hydrogens is 142 g/mol. The van der Waals surface area contributed by atoms with Gasteiger partial charge in [0.05, 0.1) is 12.3 Å². The first-order chi connectivity index (χ1) is 5.27. The Bertz CT molecular complexity index is 244. The maximum atomic E-state index is 9.23. The molecule has 0 saturated carbocycles. The lowest BCUT2D eigenvalue weighted by Crippen LogP contribution is -2.10. The van der Waals surface area contributed by atoms with Crippen LogP contribution in [0.2, 0.25) is 0 Å². The van der Waals surface area contributed by atoms with Gasteiger partial charge >= 0.3 is 0 Å². The molecule has 1 aromatic heterocycles. The predicted octanol–water partition coefficient (Wildman–Crippen LogP) is -0.0243. The van der Waals surface area contributed by atoms with Crippen molar-refractivity contribution in [1.82, 2.24) is 9.78 Å². The number of nitrogens with two attached hydrogens (primary N) is 1. The van der Waals surface area contributed by atoms with Crippen molar-refractivity contribution in [2.45, 2.75) is 6.10 Å². The minimum atomic E-state index is -0.622. The first-order valence-corrected chi connectivity index (χ1v) is 3.32. The summed E-state index contributed by atoms with van der Waals surface area (Å²) in [5.74, 6) is 0. The van der Waals surface area contributed by atoms with Gasteiger partial charge in [-0.15, -0.1) is 0 Å². The van der Waals surface area contributed by atoms with Crippen molar-refractivity contribution in [1.29, 1.82) is 0 Å². The molecule has 0 saturated heterocycles. The highest BCUT2D eigenvalue weighted by atomic mass is 16.3. The van der Waals surface area contributed by atoms with Crippen LogP contribution in [-0.4, -0.2) is 21.4 Å². The van der Waals surface area contributed by atoms with Crippen molar-refractivity contribution >= 4 is 6.20 Å². The molecule has 11 heavy (non-hydrogen) atoms. The van der Waals surface area contributed by atoms with E-state index >= 15 is 0 Å². The second-order valence-corrected chi connectivity index (χ2v) is 2.19. The Morgan fingerprint density at radius 1 is 1.91 bits per heavy atom. The Morgan fingerprint density at radius 3 is 3.09 bits per heavy atom. The van der Waals surface area contributed by atoms with Crippen LogP contribution in [0.4, 0.5) is 0 Å². The van der Waals surface area contributed by atoms with Crippen molar-refractivity contribution in [3.05, 3.63) is 24.5 Å². The summed E-state index contributed by atoms with van der Waals surface area (Å²) in [6, 6.07) is 0. The Hall–Kier alpha value is -1.13. The molecule has 4 heteroatoms. The van der Waals surface area contributed by atoms with E-state index in [0.717, 1.165) is 0 Å². The Balaban J connectivity index is 2.79. The van der Waals surface area contributed by atoms with Gasteiger partial charge in [-0.3, -0.25) is 0 Å². The van der Waals surface area contributed by atoms with Gasteiger partial charge in [0.15, 0.2) is 0 Å². The van der Waals surface area contributed by atoms with E-state index in [0.29, 0.717) is 5.56 Å². The molecule has 0 unspecified atom stereocenters. The highest BCUT2D eigenvalue weighted by molar-refractivity contribution is 5.19. The SMILES string of the molecule is C=Cn1cc([C@H](O)CN)cn1. The molecule has 4 nitrogen and oxygen atoms in total. The Kier molecular flexibility index (Phi) is 2.40. The maximum absolute atomic E-state index is 9.23. The second-order valence-electron chi connectivity index (χ2n) is 2.19. The van der Waals surface area contributed by atoms with E-state index in [2.05, 4.69) is 11.7 Å². The first-order valence-electron chi connectivity index (χ1n) is 3.32. The summed E-state index contributed by atoms with van der Waals surface area (Å²) in [6.07, 6.45) is 4.18. The van der Waals surface area contributed by atoms with Gasteiger partial charge in [0.1, 0.15) is 0 Å². The normalized spacial score (nSPS) is 12.9. The van der Waals surface area contributed by atoms with Crippen molar-refractivity contribution in [3.8, 4) is 0 Å². The molecule has 0 amide bonds. The Labute approximate surface area is 64.9 Å². The molecule has 0 spiro atoms. The molecule has 3 N–H and O–H groups in total. The summed E-state index contributed by atoms with van der Waals surface area (Å²) in [6.45, 7) is 3.73. The molecule has 0 bridgehead atoms. The number of aliphatic hydroxyl groups excluding tert-OH is 1. The highest BCUT2D eigenvalue weighted by Gasteiger charge is 2.05. The van der Waals surface area contributed by atoms with Crippen molar-refractivity contribution in [2.24, 2.45) is 5.73 Å². The van der Waals surface area contributed by atoms with E-state index in [4.69, 9.17) is 5.73 Å².